The van der Waals surface area contributed by atoms with Gasteiger partial charge in [0.25, 0.3) is 5.89 Å². The molecule has 1 heterocycles. The van der Waals surface area contributed by atoms with Gasteiger partial charge in [-0.05, 0) is 24.6 Å². The van der Waals surface area contributed by atoms with E-state index >= 15 is 0 Å². The summed E-state index contributed by atoms with van der Waals surface area (Å²) in [5.41, 5.74) is 0.839. The van der Waals surface area contributed by atoms with E-state index in [0.717, 1.165) is 12.0 Å². The Morgan fingerprint density at radius 1 is 1.47 bits per heavy atom. The van der Waals surface area contributed by atoms with Crippen molar-refractivity contribution in [2.45, 2.75) is 13.3 Å². The molecule has 77 valence electrons. The van der Waals surface area contributed by atoms with Crippen LogP contribution >= 0.6 is 11.6 Å². The summed E-state index contributed by atoms with van der Waals surface area (Å²) in [6.07, 6.45) is 2.78. The summed E-state index contributed by atoms with van der Waals surface area (Å²) in [6.45, 7) is 2.02. The van der Waals surface area contributed by atoms with Gasteiger partial charge in [0.15, 0.2) is 5.82 Å². The molecule has 0 spiro atoms. The first kappa shape index (κ1) is 10.2. The molecule has 0 atom stereocenters. The Bertz CT molecular complexity index is 453. The topological polar surface area (TPSA) is 38.9 Å². The Balaban J connectivity index is 2.29. The summed E-state index contributed by atoms with van der Waals surface area (Å²) in [7, 11) is 0. The van der Waals surface area contributed by atoms with Crippen molar-refractivity contribution in [1.29, 1.82) is 0 Å². The Morgan fingerprint density at radius 2 is 2.33 bits per heavy atom. The molecule has 0 N–H and O–H groups in total. The monoisotopic (exact) mass is 221 g/mol. The van der Waals surface area contributed by atoms with Gasteiger partial charge in [0, 0.05) is 17.0 Å². The van der Waals surface area contributed by atoms with Gasteiger partial charge in [0.2, 0.25) is 0 Å². The van der Waals surface area contributed by atoms with Gasteiger partial charge in [0.05, 0.1) is 0 Å². The largest absolute Gasteiger partial charge is 0.334 e. The molecule has 15 heavy (non-hydrogen) atoms. The van der Waals surface area contributed by atoms with E-state index in [2.05, 4.69) is 10.1 Å². The van der Waals surface area contributed by atoms with E-state index in [1.807, 2.05) is 25.5 Å². The van der Waals surface area contributed by atoms with Crippen LogP contribution in [0.4, 0.5) is 0 Å². The summed E-state index contributed by atoms with van der Waals surface area (Å²) in [5, 5.41) is 4.49. The summed E-state index contributed by atoms with van der Waals surface area (Å²) >= 11 is 5.87. The summed E-state index contributed by atoms with van der Waals surface area (Å²) in [4.78, 5) is 4.22. The van der Waals surface area contributed by atoms with Gasteiger partial charge in [-0.1, -0.05) is 29.7 Å². The van der Waals surface area contributed by atoms with Gasteiger partial charge >= 0.3 is 0 Å². The first-order valence-electron chi connectivity index (χ1n) is 4.72. The van der Waals surface area contributed by atoms with Crippen molar-refractivity contribution in [2.75, 3.05) is 0 Å². The normalized spacial score (nSPS) is 10.5. The maximum Gasteiger partial charge on any atom is 0.257 e. The highest BCUT2D eigenvalue weighted by Crippen LogP contribution is 2.21. The summed E-state index contributed by atoms with van der Waals surface area (Å²) in [6, 6.07) is 7.34. The van der Waals surface area contributed by atoms with Gasteiger partial charge < -0.3 is 4.52 Å². The molecule has 1 radical (unpaired) electrons. The molecule has 1 aromatic carbocycles. The van der Waals surface area contributed by atoms with Crippen LogP contribution in [-0.2, 0) is 0 Å². The van der Waals surface area contributed by atoms with Gasteiger partial charge in [-0.15, -0.1) is 0 Å². The second kappa shape index (κ2) is 4.45. The Hall–Kier alpha value is -1.35. The molecule has 1 aromatic heterocycles. The zero-order valence-corrected chi connectivity index (χ0v) is 9.03. The summed E-state index contributed by atoms with van der Waals surface area (Å²) in [5.74, 6) is 1.12. The number of hydrogen-bond acceptors (Lipinski definition) is 3. The number of hydrogen-bond donors (Lipinski definition) is 0. The van der Waals surface area contributed by atoms with E-state index in [1.165, 1.54) is 0 Å². The van der Waals surface area contributed by atoms with E-state index in [-0.39, 0.29) is 0 Å². The van der Waals surface area contributed by atoms with Crippen molar-refractivity contribution in [3.05, 3.63) is 41.5 Å². The van der Waals surface area contributed by atoms with Crippen molar-refractivity contribution in [2.24, 2.45) is 0 Å². The molecule has 0 aliphatic rings. The third kappa shape index (κ3) is 2.36. The van der Waals surface area contributed by atoms with Crippen molar-refractivity contribution >= 4 is 11.6 Å². The van der Waals surface area contributed by atoms with Crippen LogP contribution in [0, 0.1) is 6.42 Å². The first-order chi connectivity index (χ1) is 7.29. The van der Waals surface area contributed by atoms with Gasteiger partial charge in [-0.2, -0.15) is 4.98 Å². The highest BCUT2D eigenvalue weighted by atomic mass is 35.5. The Morgan fingerprint density at radius 3 is 3.07 bits per heavy atom. The van der Waals surface area contributed by atoms with Crippen LogP contribution in [0.5, 0.6) is 0 Å². The minimum atomic E-state index is 0.497. The maximum absolute atomic E-state index is 5.87. The number of rotatable bonds is 3. The average molecular weight is 222 g/mol. The lowest BCUT2D eigenvalue weighted by Crippen LogP contribution is -1.82. The van der Waals surface area contributed by atoms with Crippen LogP contribution < -0.4 is 0 Å². The lowest BCUT2D eigenvalue weighted by Gasteiger charge is -1.93. The van der Waals surface area contributed by atoms with Crippen LogP contribution in [-0.4, -0.2) is 10.1 Å². The summed E-state index contributed by atoms with van der Waals surface area (Å²) < 4.78 is 5.11. The van der Waals surface area contributed by atoms with Crippen LogP contribution in [0.25, 0.3) is 11.5 Å². The van der Waals surface area contributed by atoms with Crippen molar-refractivity contribution in [3.63, 3.8) is 0 Å². The SMILES string of the molecule is CC[CH]c1noc(-c2cccc(Cl)c2)n1. The third-order valence-corrected chi connectivity index (χ3v) is 2.14. The molecule has 2 rings (SSSR count). The van der Waals surface area contributed by atoms with E-state index in [4.69, 9.17) is 16.1 Å². The zero-order chi connectivity index (χ0) is 10.7. The molecular weight excluding hydrogens is 212 g/mol. The molecule has 3 nitrogen and oxygen atoms in total. The van der Waals surface area contributed by atoms with E-state index in [9.17, 15) is 0 Å². The van der Waals surface area contributed by atoms with Gasteiger partial charge in [-0.25, -0.2) is 0 Å². The molecule has 2 aromatic rings. The predicted octanol–water partition coefficient (Wildman–Crippen LogP) is 3.35. The van der Waals surface area contributed by atoms with Gasteiger partial charge in [-0.3, -0.25) is 0 Å². The van der Waals surface area contributed by atoms with Crippen LogP contribution in [0.3, 0.4) is 0 Å². The molecule has 0 aliphatic carbocycles. The smallest absolute Gasteiger partial charge is 0.257 e. The molecule has 0 amide bonds. The van der Waals surface area contributed by atoms with Crippen LogP contribution in [0.15, 0.2) is 28.8 Å². The van der Waals surface area contributed by atoms with E-state index in [1.54, 1.807) is 12.1 Å². The molecule has 4 heteroatoms. The van der Waals surface area contributed by atoms with E-state index in [0.29, 0.717) is 16.7 Å². The second-order valence-corrected chi connectivity index (χ2v) is 3.52. The average Bonchev–Trinajstić information content (AvgIpc) is 2.67. The molecule has 0 saturated heterocycles. The lowest BCUT2D eigenvalue weighted by atomic mass is 10.2. The number of benzene rings is 1. The minimum absolute atomic E-state index is 0.497. The predicted molar refractivity (Wildman–Crippen MR) is 58.4 cm³/mol. The van der Waals surface area contributed by atoms with Crippen LogP contribution in [0.1, 0.15) is 19.2 Å². The molecular formula is C11H10ClN2O. The second-order valence-electron chi connectivity index (χ2n) is 3.08. The third-order valence-electron chi connectivity index (χ3n) is 1.90. The van der Waals surface area contributed by atoms with Crippen molar-refractivity contribution in [3.8, 4) is 11.5 Å². The number of nitrogens with zero attached hydrogens (tertiary/aromatic N) is 2. The van der Waals surface area contributed by atoms with Crippen molar-refractivity contribution in [1.82, 2.24) is 10.1 Å². The Labute approximate surface area is 93.1 Å². The maximum atomic E-state index is 5.87. The first-order valence-corrected chi connectivity index (χ1v) is 5.10. The van der Waals surface area contributed by atoms with Gasteiger partial charge in [0.1, 0.15) is 0 Å². The molecule has 0 fully saturated rings. The lowest BCUT2D eigenvalue weighted by molar-refractivity contribution is 0.426. The highest BCUT2D eigenvalue weighted by molar-refractivity contribution is 6.30. The number of halogens is 1. The quantitative estimate of drug-likeness (QED) is 0.798. The molecule has 0 bridgehead atoms. The van der Waals surface area contributed by atoms with E-state index < -0.39 is 0 Å². The molecule has 0 saturated carbocycles. The molecule has 0 aliphatic heterocycles. The van der Waals surface area contributed by atoms with Crippen LogP contribution in [0.2, 0.25) is 5.02 Å². The fourth-order valence-corrected chi connectivity index (χ4v) is 1.43. The Kier molecular flexibility index (Phi) is 3.02. The fraction of sp³-hybridized carbons (Fsp3) is 0.182. The fourth-order valence-electron chi connectivity index (χ4n) is 1.24. The standard InChI is InChI=1S/C11H10ClN2O/c1-2-4-10-13-11(15-14-10)8-5-3-6-9(12)7-8/h3-7H,2H2,1H3. The highest BCUT2D eigenvalue weighted by Gasteiger charge is 2.08. The minimum Gasteiger partial charge on any atom is -0.334 e. The van der Waals surface area contributed by atoms with Crippen molar-refractivity contribution < 1.29 is 4.52 Å². The zero-order valence-electron chi connectivity index (χ0n) is 8.27. The number of aromatic nitrogens is 2. The molecule has 0 unspecified atom stereocenters.